The van der Waals surface area contributed by atoms with Crippen LogP contribution in [0.15, 0.2) is 34.8 Å². The molecule has 0 saturated carbocycles. The van der Waals surface area contributed by atoms with Crippen LogP contribution in [0.25, 0.3) is 10.4 Å². The second-order valence-electron chi connectivity index (χ2n) is 3.09. The van der Waals surface area contributed by atoms with Crippen LogP contribution in [0.4, 0.5) is 0 Å². The summed E-state index contributed by atoms with van der Waals surface area (Å²) in [5.41, 5.74) is 6.74. The Bertz CT molecular complexity index is 481. The van der Waals surface area contributed by atoms with Crippen LogP contribution in [-0.2, 0) is 6.54 Å². The molecular formula is C11H9BrClNS. The van der Waals surface area contributed by atoms with Crippen LogP contribution in [0.3, 0.4) is 0 Å². The van der Waals surface area contributed by atoms with Gasteiger partial charge in [0.15, 0.2) is 0 Å². The fourth-order valence-corrected chi connectivity index (χ4v) is 3.28. The Balaban J connectivity index is 2.44. The predicted octanol–water partition coefficient (Wildman–Crippen LogP) is 4.29. The number of rotatable bonds is 2. The molecule has 0 spiro atoms. The Hall–Kier alpha value is -0.350. The first-order valence-electron chi connectivity index (χ1n) is 4.45. The zero-order valence-electron chi connectivity index (χ0n) is 7.84. The maximum absolute atomic E-state index is 5.89. The summed E-state index contributed by atoms with van der Waals surface area (Å²) in [5, 5.41) is 0.737. The Labute approximate surface area is 106 Å². The van der Waals surface area contributed by atoms with Gasteiger partial charge in [-0.25, -0.2) is 0 Å². The third kappa shape index (κ3) is 2.42. The van der Waals surface area contributed by atoms with Gasteiger partial charge in [-0.15, -0.1) is 11.3 Å². The van der Waals surface area contributed by atoms with Gasteiger partial charge in [0.2, 0.25) is 0 Å². The Kier molecular flexibility index (Phi) is 3.46. The average molecular weight is 303 g/mol. The molecule has 0 atom stereocenters. The predicted molar refractivity (Wildman–Crippen MR) is 70.4 cm³/mol. The van der Waals surface area contributed by atoms with Gasteiger partial charge in [-0.1, -0.05) is 33.6 Å². The molecule has 0 aliphatic heterocycles. The maximum Gasteiger partial charge on any atom is 0.0417 e. The molecule has 0 fully saturated rings. The topological polar surface area (TPSA) is 26.0 Å². The number of nitrogens with two attached hydrogens (primary N) is 1. The highest BCUT2D eigenvalue weighted by Crippen LogP contribution is 2.34. The van der Waals surface area contributed by atoms with Crippen LogP contribution in [0, 0.1) is 0 Å². The van der Waals surface area contributed by atoms with E-state index in [2.05, 4.69) is 28.1 Å². The summed E-state index contributed by atoms with van der Waals surface area (Å²) in [6.45, 7) is 0.593. The molecular weight excluding hydrogens is 294 g/mol. The van der Waals surface area contributed by atoms with Crippen LogP contribution >= 0.6 is 38.9 Å². The van der Waals surface area contributed by atoms with E-state index in [9.17, 15) is 0 Å². The first kappa shape index (κ1) is 11.1. The maximum atomic E-state index is 5.89. The summed E-state index contributed by atoms with van der Waals surface area (Å²) in [6.07, 6.45) is 0. The molecule has 1 heterocycles. The lowest BCUT2D eigenvalue weighted by Crippen LogP contribution is -1.90. The van der Waals surface area contributed by atoms with E-state index in [0.717, 1.165) is 15.1 Å². The van der Waals surface area contributed by atoms with Crippen molar-refractivity contribution in [2.75, 3.05) is 0 Å². The zero-order valence-corrected chi connectivity index (χ0v) is 11.0. The molecule has 4 heteroatoms. The van der Waals surface area contributed by atoms with Gasteiger partial charge in [0.1, 0.15) is 0 Å². The minimum absolute atomic E-state index is 0.593. The summed E-state index contributed by atoms with van der Waals surface area (Å²) < 4.78 is 1.01. The average Bonchev–Trinajstić information content (AvgIpc) is 2.66. The van der Waals surface area contributed by atoms with E-state index in [1.807, 2.05) is 18.2 Å². The van der Waals surface area contributed by atoms with Crippen molar-refractivity contribution >= 4 is 38.9 Å². The van der Waals surface area contributed by atoms with Crippen molar-refractivity contribution in [1.29, 1.82) is 0 Å². The summed E-state index contributed by atoms with van der Waals surface area (Å²) in [7, 11) is 0. The summed E-state index contributed by atoms with van der Waals surface area (Å²) in [4.78, 5) is 2.39. The molecule has 2 N–H and O–H groups in total. The van der Waals surface area contributed by atoms with Crippen LogP contribution < -0.4 is 5.73 Å². The lowest BCUT2D eigenvalue weighted by atomic mass is 10.2. The first-order valence-corrected chi connectivity index (χ1v) is 6.43. The molecule has 2 rings (SSSR count). The molecule has 0 amide bonds. The highest BCUT2D eigenvalue weighted by atomic mass is 79.9. The fraction of sp³-hybridized carbons (Fsp3) is 0.0909. The Morgan fingerprint density at radius 1 is 1.27 bits per heavy atom. The van der Waals surface area contributed by atoms with Crippen LogP contribution in [0.5, 0.6) is 0 Å². The molecule has 1 aromatic carbocycles. The third-order valence-electron chi connectivity index (χ3n) is 2.06. The van der Waals surface area contributed by atoms with Crippen molar-refractivity contribution < 1.29 is 0 Å². The van der Waals surface area contributed by atoms with Gasteiger partial charge in [0.25, 0.3) is 0 Å². The molecule has 15 heavy (non-hydrogen) atoms. The monoisotopic (exact) mass is 301 g/mol. The van der Waals surface area contributed by atoms with Crippen LogP contribution in [0.2, 0.25) is 5.02 Å². The van der Waals surface area contributed by atoms with E-state index in [4.69, 9.17) is 17.3 Å². The Morgan fingerprint density at radius 2 is 2.07 bits per heavy atom. The lowest BCUT2D eigenvalue weighted by Gasteiger charge is -2.01. The molecule has 0 aliphatic rings. The van der Waals surface area contributed by atoms with Gasteiger partial charge in [-0.2, -0.15) is 0 Å². The quantitative estimate of drug-likeness (QED) is 0.880. The van der Waals surface area contributed by atoms with Crippen molar-refractivity contribution in [1.82, 2.24) is 0 Å². The zero-order chi connectivity index (χ0) is 10.8. The van der Waals surface area contributed by atoms with E-state index in [1.54, 1.807) is 11.3 Å². The summed E-state index contributed by atoms with van der Waals surface area (Å²) >= 11 is 11.1. The largest absolute Gasteiger partial charge is 0.326 e. The number of benzene rings is 1. The second kappa shape index (κ2) is 4.66. The van der Waals surface area contributed by atoms with Gasteiger partial charge in [0.05, 0.1) is 0 Å². The molecule has 0 saturated heterocycles. The lowest BCUT2D eigenvalue weighted by molar-refractivity contribution is 1.11. The number of halogens is 2. The second-order valence-corrected chi connectivity index (χ2v) is 5.55. The van der Waals surface area contributed by atoms with Gasteiger partial charge in [0, 0.05) is 31.4 Å². The Morgan fingerprint density at radius 3 is 2.67 bits per heavy atom. The van der Waals surface area contributed by atoms with Crippen LogP contribution in [-0.4, -0.2) is 0 Å². The third-order valence-corrected chi connectivity index (χ3v) is 4.09. The van der Waals surface area contributed by atoms with Crippen molar-refractivity contribution in [2.45, 2.75) is 6.54 Å². The molecule has 0 bridgehead atoms. The van der Waals surface area contributed by atoms with Gasteiger partial charge in [-0.05, 0) is 24.3 Å². The van der Waals surface area contributed by atoms with Gasteiger partial charge >= 0.3 is 0 Å². The molecule has 1 nitrogen and oxygen atoms in total. The fourth-order valence-electron chi connectivity index (χ4n) is 1.32. The minimum Gasteiger partial charge on any atom is -0.326 e. The van der Waals surface area contributed by atoms with E-state index in [0.29, 0.717) is 6.54 Å². The van der Waals surface area contributed by atoms with E-state index in [1.165, 1.54) is 9.75 Å². The molecule has 2 aromatic rings. The standard InChI is InChI=1S/C11H9BrClNS/c12-10-5-7(13)1-3-9(10)11-4-2-8(6-14)15-11/h1-5H,6,14H2. The van der Waals surface area contributed by atoms with E-state index in [-0.39, 0.29) is 0 Å². The first-order chi connectivity index (χ1) is 7.20. The normalized spacial score (nSPS) is 10.6. The number of hydrogen-bond acceptors (Lipinski definition) is 2. The number of hydrogen-bond donors (Lipinski definition) is 1. The molecule has 0 aliphatic carbocycles. The van der Waals surface area contributed by atoms with Crippen molar-refractivity contribution in [3.05, 3.63) is 44.7 Å². The highest BCUT2D eigenvalue weighted by molar-refractivity contribution is 9.10. The molecule has 78 valence electrons. The van der Waals surface area contributed by atoms with Gasteiger partial charge in [-0.3, -0.25) is 0 Å². The summed E-state index contributed by atoms with van der Waals surface area (Å²) in [5.74, 6) is 0. The molecule has 0 radical (unpaired) electrons. The minimum atomic E-state index is 0.593. The molecule has 1 aromatic heterocycles. The van der Waals surface area contributed by atoms with Crippen LogP contribution in [0.1, 0.15) is 4.88 Å². The SMILES string of the molecule is NCc1ccc(-c2ccc(Cl)cc2Br)s1. The van der Waals surface area contributed by atoms with E-state index >= 15 is 0 Å². The van der Waals surface area contributed by atoms with Crippen molar-refractivity contribution in [2.24, 2.45) is 5.73 Å². The highest BCUT2D eigenvalue weighted by Gasteiger charge is 2.06. The van der Waals surface area contributed by atoms with Crippen molar-refractivity contribution in [3.8, 4) is 10.4 Å². The summed E-state index contributed by atoms with van der Waals surface area (Å²) in [6, 6.07) is 9.95. The van der Waals surface area contributed by atoms with E-state index < -0.39 is 0 Å². The molecule has 0 unspecified atom stereocenters. The smallest absolute Gasteiger partial charge is 0.0417 e. The van der Waals surface area contributed by atoms with Gasteiger partial charge < -0.3 is 5.73 Å². The van der Waals surface area contributed by atoms with Crippen molar-refractivity contribution in [3.63, 3.8) is 0 Å². The number of thiophene rings is 1.